The summed E-state index contributed by atoms with van der Waals surface area (Å²) in [7, 11) is 0. The first-order valence-electron chi connectivity index (χ1n) is 6.38. The molecule has 1 aliphatic heterocycles. The molecule has 0 fully saturated rings. The van der Waals surface area contributed by atoms with Crippen molar-refractivity contribution in [2.75, 3.05) is 6.54 Å². The highest BCUT2D eigenvalue weighted by molar-refractivity contribution is 9.10. The van der Waals surface area contributed by atoms with Gasteiger partial charge in [0, 0.05) is 40.2 Å². The van der Waals surface area contributed by atoms with E-state index < -0.39 is 0 Å². The van der Waals surface area contributed by atoms with Crippen molar-refractivity contribution in [3.63, 3.8) is 0 Å². The minimum atomic E-state index is 0.596. The lowest BCUT2D eigenvalue weighted by Gasteiger charge is -2.31. The van der Waals surface area contributed by atoms with Crippen LogP contribution in [0.5, 0.6) is 0 Å². The lowest BCUT2D eigenvalue weighted by atomic mass is 9.91. The summed E-state index contributed by atoms with van der Waals surface area (Å²) in [6.07, 6.45) is 3.86. The lowest BCUT2D eigenvalue weighted by Crippen LogP contribution is -2.35. The fourth-order valence-corrected chi connectivity index (χ4v) is 3.83. The van der Waals surface area contributed by atoms with Gasteiger partial charge in [0.25, 0.3) is 0 Å². The number of hydrogen-bond donors (Lipinski definition) is 1. The third kappa shape index (κ3) is 1.36. The van der Waals surface area contributed by atoms with Gasteiger partial charge in [0.1, 0.15) is 0 Å². The van der Waals surface area contributed by atoms with E-state index in [4.69, 9.17) is 0 Å². The first-order valence-corrected chi connectivity index (χ1v) is 7.18. The zero-order valence-electron chi connectivity index (χ0n) is 9.67. The molecule has 2 aromatic rings. The standard InChI is InChI=1S/C14H15BrN2/c15-9-4-5-10-11-2-1-3-12-14(11)17(7-6-16-12)13(10)8-9/h4-5,8,12,16H,1-3,6-7H2. The minimum Gasteiger partial charge on any atom is -0.341 e. The van der Waals surface area contributed by atoms with E-state index in [1.165, 1.54) is 34.6 Å². The fraction of sp³-hybridized carbons (Fsp3) is 0.429. The molecule has 1 N–H and O–H groups in total. The number of nitrogens with one attached hydrogen (secondary N) is 1. The second-order valence-corrected chi connectivity index (χ2v) is 5.99. The van der Waals surface area contributed by atoms with E-state index in [1.807, 2.05) is 0 Å². The lowest BCUT2D eigenvalue weighted by molar-refractivity contribution is 0.384. The number of rotatable bonds is 0. The Balaban J connectivity index is 2.11. The predicted octanol–water partition coefficient (Wildman–Crippen LogP) is 3.38. The molecular formula is C14H15BrN2. The van der Waals surface area contributed by atoms with Crippen LogP contribution in [0.2, 0.25) is 0 Å². The highest BCUT2D eigenvalue weighted by Gasteiger charge is 2.29. The van der Waals surface area contributed by atoms with Gasteiger partial charge in [-0.1, -0.05) is 22.0 Å². The normalized spacial score (nSPS) is 22.8. The van der Waals surface area contributed by atoms with Crippen LogP contribution in [0.15, 0.2) is 22.7 Å². The van der Waals surface area contributed by atoms with Crippen LogP contribution >= 0.6 is 15.9 Å². The molecule has 1 atom stereocenters. The third-order valence-electron chi connectivity index (χ3n) is 4.15. The molecule has 0 spiro atoms. The Morgan fingerprint density at radius 2 is 2.29 bits per heavy atom. The summed E-state index contributed by atoms with van der Waals surface area (Å²) >= 11 is 3.59. The smallest absolute Gasteiger partial charge is 0.0497 e. The maximum Gasteiger partial charge on any atom is 0.0497 e. The molecule has 0 bridgehead atoms. The molecule has 2 nitrogen and oxygen atoms in total. The van der Waals surface area contributed by atoms with Gasteiger partial charge in [0.15, 0.2) is 0 Å². The highest BCUT2D eigenvalue weighted by atomic mass is 79.9. The summed E-state index contributed by atoms with van der Waals surface area (Å²) in [5.74, 6) is 0. The zero-order chi connectivity index (χ0) is 11.4. The molecule has 1 unspecified atom stereocenters. The summed E-state index contributed by atoms with van der Waals surface area (Å²) < 4.78 is 3.72. The summed E-state index contributed by atoms with van der Waals surface area (Å²) in [5.41, 5.74) is 4.57. The number of nitrogens with zero attached hydrogens (tertiary/aromatic N) is 1. The van der Waals surface area contributed by atoms with Gasteiger partial charge in [0.2, 0.25) is 0 Å². The molecule has 17 heavy (non-hydrogen) atoms. The zero-order valence-corrected chi connectivity index (χ0v) is 11.3. The van der Waals surface area contributed by atoms with E-state index >= 15 is 0 Å². The van der Waals surface area contributed by atoms with Gasteiger partial charge in [-0.25, -0.2) is 0 Å². The number of halogens is 1. The molecule has 1 aromatic heterocycles. The van der Waals surface area contributed by atoms with Crippen LogP contribution in [-0.2, 0) is 13.0 Å². The highest BCUT2D eigenvalue weighted by Crippen LogP contribution is 2.39. The molecule has 2 aliphatic rings. The molecule has 2 heterocycles. The summed E-state index contributed by atoms with van der Waals surface area (Å²) in [5, 5.41) is 5.13. The average molecular weight is 291 g/mol. The van der Waals surface area contributed by atoms with Crippen molar-refractivity contribution in [3.8, 4) is 0 Å². The number of benzene rings is 1. The Morgan fingerprint density at radius 3 is 3.24 bits per heavy atom. The number of hydrogen-bond acceptors (Lipinski definition) is 1. The van der Waals surface area contributed by atoms with Crippen LogP contribution in [0.3, 0.4) is 0 Å². The van der Waals surface area contributed by atoms with Crippen molar-refractivity contribution < 1.29 is 0 Å². The first-order chi connectivity index (χ1) is 8.34. The van der Waals surface area contributed by atoms with Crippen molar-refractivity contribution in [3.05, 3.63) is 33.9 Å². The molecular weight excluding hydrogens is 276 g/mol. The van der Waals surface area contributed by atoms with Crippen molar-refractivity contribution in [2.24, 2.45) is 0 Å². The molecule has 88 valence electrons. The van der Waals surface area contributed by atoms with Crippen LogP contribution in [0.25, 0.3) is 10.9 Å². The Bertz CT molecular complexity index is 598. The molecule has 1 aliphatic carbocycles. The fourth-order valence-electron chi connectivity index (χ4n) is 3.49. The van der Waals surface area contributed by atoms with Gasteiger partial charge in [-0.3, -0.25) is 0 Å². The average Bonchev–Trinajstić information content (AvgIpc) is 2.67. The van der Waals surface area contributed by atoms with Gasteiger partial charge >= 0.3 is 0 Å². The third-order valence-corrected chi connectivity index (χ3v) is 4.64. The molecule has 4 rings (SSSR count). The SMILES string of the molecule is Brc1ccc2c3c4n(c2c1)CCNC4CCC3. The van der Waals surface area contributed by atoms with E-state index in [0.717, 1.165) is 13.1 Å². The Kier molecular flexibility index (Phi) is 2.15. The van der Waals surface area contributed by atoms with Crippen LogP contribution < -0.4 is 5.32 Å². The van der Waals surface area contributed by atoms with E-state index in [2.05, 4.69) is 44.0 Å². The van der Waals surface area contributed by atoms with Gasteiger partial charge in [-0.2, -0.15) is 0 Å². The molecule has 0 radical (unpaired) electrons. The van der Waals surface area contributed by atoms with Gasteiger partial charge in [-0.15, -0.1) is 0 Å². The second kappa shape index (κ2) is 3.59. The summed E-state index contributed by atoms with van der Waals surface area (Å²) in [6, 6.07) is 7.32. The van der Waals surface area contributed by atoms with Crippen LogP contribution in [0.4, 0.5) is 0 Å². The van der Waals surface area contributed by atoms with Gasteiger partial charge < -0.3 is 9.88 Å². The van der Waals surface area contributed by atoms with E-state index in [9.17, 15) is 0 Å². The topological polar surface area (TPSA) is 17.0 Å². The van der Waals surface area contributed by atoms with Crippen molar-refractivity contribution in [1.82, 2.24) is 9.88 Å². The monoisotopic (exact) mass is 290 g/mol. The molecule has 0 saturated carbocycles. The number of aryl methyl sites for hydroxylation is 1. The molecule has 0 amide bonds. The van der Waals surface area contributed by atoms with Crippen LogP contribution in [0.1, 0.15) is 30.1 Å². The maximum absolute atomic E-state index is 3.66. The Labute approximate surface area is 109 Å². The summed E-state index contributed by atoms with van der Waals surface area (Å²) in [4.78, 5) is 0. The van der Waals surface area contributed by atoms with Gasteiger partial charge in [0.05, 0.1) is 0 Å². The molecule has 3 heteroatoms. The largest absolute Gasteiger partial charge is 0.341 e. The van der Waals surface area contributed by atoms with E-state index in [1.54, 1.807) is 11.3 Å². The van der Waals surface area contributed by atoms with Crippen molar-refractivity contribution in [1.29, 1.82) is 0 Å². The second-order valence-electron chi connectivity index (χ2n) is 5.08. The first kappa shape index (κ1) is 10.2. The van der Waals surface area contributed by atoms with Gasteiger partial charge in [-0.05, 0) is 37.0 Å². The molecule has 1 aromatic carbocycles. The van der Waals surface area contributed by atoms with Crippen molar-refractivity contribution in [2.45, 2.75) is 31.8 Å². The quantitative estimate of drug-likeness (QED) is 0.787. The van der Waals surface area contributed by atoms with Crippen molar-refractivity contribution >= 4 is 26.8 Å². The summed E-state index contributed by atoms with van der Waals surface area (Å²) in [6.45, 7) is 2.21. The Morgan fingerprint density at radius 1 is 1.35 bits per heavy atom. The van der Waals surface area contributed by atoms with Crippen LogP contribution in [0, 0.1) is 0 Å². The maximum atomic E-state index is 3.66. The number of fused-ring (bicyclic) bond motifs is 3. The van der Waals surface area contributed by atoms with Crippen LogP contribution in [-0.4, -0.2) is 11.1 Å². The van der Waals surface area contributed by atoms with E-state index in [0.29, 0.717) is 6.04 Å². The minimum absolute atomic E-state index is 0.596. The predicted molar refractivity (Wildman–Crippen MR) is 73.3 cm³/mol. The van der Waals surface area contributed by atoms with E-state index in [-0.39, 0.29) is 0 Å². The Hall–Kier alpha value is -0.800. The number of aromatic nitrogens is 1. The molecule has 0 saturated heterocycles.